The maximum absolute atomic E-state index is 12.2. The van der Waals surface area contributed by atoms with Crippen molar-refractivity contribution in [2.45, 2.75) is 33.1 Å². The molecule has 0 spiro atoms. The van der Waals surface area contributed by atoms with Gasteiger partial charge in [0.2, 0.25) is 0 Å². The molecule has 100 valence electrons. The van der Waals surface area contributed by atoms with E-state index in [2.05, 4.69) is 17.2 Å². The monoisotopic (exact) mass is 256 g/mol. The molecule has 0 bridgehead atoms. The van der Waals surface area contributed by atoms with Crippen molar-refractivity contribution in [1.29, 1.82) is 0 Å². The topological polar surface area (TPSA) is 34.9 Å². The minimum atomic E-state index is 0.207. The van der Waals surface area contributed by atoms with Crippen molar-refractivity contribution in [3.63, 3.8) is 0 Å². The maximum Gasteiger partial charge on any atom is 0.166 e. The van der Waals surface area contributed by atoms with Gasteiger partial charge >= 0.3 is 0 Å². The molecule has 0 unspecified atom stereocenters. The lowest BCUT2D eigenvalue weighted by Crippen LogP contribution is -2.03. The number of carbonyl (C=O) groups is 1. The van der Waals surface area contributed by atoms with Crippen molar-refractivity contribution in [2.75, 3.05) is 0 Å². The molecule has 0 saturated heterocycles. The molecule has 0 atom stereocenters. The van der Waals surface area contributed by atoms with Gasteiger partial charge in [0.25, 0.3) is 0 Å². The van der Waals surface area contributed by atoms with Gasteiger partial charge in [0, 0.05) is 19.2 Å². The highest BCUT2D eigenvalue weighted by Gasteiger charge is 2.16. The summed E-state index contributed by atoms with van der Waals surface area (Å²) in [7, 11) is 1.88. The van der Waals surface area contributed by atoms with Crippen molar-refractivity contribution < 1.29 is 4.79 Å². The lowest BCUT2D eigenvalue weighted by Gasteiger charge is -2.02. The first kappa shape index (κ1) is 13.5. The Balaban J connectivity index is 1.95. The normalized spacial score (nSPS) is 10.7. The van der Waals surface area contributed by atoms with E-state index < -0.39 is 0 Å². The van der Waals surface area contributed by atoms with E-state index >= 15 is 0 Å². The molecule has 0 radical (unpaired) electrons. The highest BCUT2D eigenvalue weighted by molar-refractivity contribution is 5.98. The number of nitrogens with zero attached hydrogens (tertiary/aromatic N) is 2. The van der Waals surface area contributed by atoms with E-state index in [1.165, 1.54) is 5.56 Å². The van der Waals surface area contributed by atoms with E-state index in [4.69, 9.17) is 0 Å². The van der Waals surface area contributed by atoms with Crippen molar-refractivity contribution in [3.05, 3.63) is 52.8 Å². The van der Waals surface area contributed by atoms with E-state index in [1.807, 2.05) is 39.1 Å². The molecule has 19 heavy (non-hydrogen) atoms. The smallest absolute Gasteiger partial charge is 0.166 e. The third kappa shape index (κ3) is 3.11. The molecule has 2 aromatic rings. The number of aromatic nitrogens is 2. The van der Waals surface area contributed by atoms with Gasteiger partial charge < -0.3 is 0 Å². The molecule has 0 aliphatic heterocycles. The van der Waals surface area contributed by atoms with Crippen LogP contribution in [0.2, 0.25) is 0 Å². The van der Waals surface area contributed by atoms with Gasteiger partial charge in [-0.05, 0) is 32.3 Å². The van der Waals surface area contributed by atoms with Crippen molar-refractivity contribution in [3.8, 4) is 0 Å². The second kappa shape index (κ2) is 5.83. The molecule has 0 aliphatic carbocycles. The van der Waals surface area contributed by atoms with E-state index in [0.29, 0.717) is 6.42 Å². The Kier molecular flexibility index (Phi) is 4.15. The number of ketones is 1. The Hall–Kier alpha value is -1.90. The lowest BCUT2D eigenvalue weighted by molar-refractivity contribution is 0.0979. The first-order valence-corrected chi connectivity index (χ1v) is 6.67. The van der Waals surface area contributed by atoms with Crippen LogP contribution in [0.3, 0.4) is 0 Å². The number of hydrogen-bond donors (Lipinski definition) is 0. The minimum Gasteiger partial charge on any atom is -0.294 e. The van der Waals surface area contributed by atoms with Gasteiger partial charge in [-0.3, -0.25) is 9.48 Å². The fraction of sp³-hybridized carbons (Fsp3) is 0.375. The fourth-order valence-electron chi connectivity index (χ4n) is 2.40. The van der Waals surface area contributed by atoms with Crippen LogP contribution < -0.4 is 0 Å². The summed E-state index contributed by atoms with van der Waals surface area (Å²) in [6.07, 6.45) is 2.42. The number of hydrogen-bond acceptors (Lipinski definition) is 2. The number of carbonyl (C=O) groups excluding carboxylic acids is 1. The van der Waals surface area contributed by atoms with Crippen LogP contribution in [0, 0.1) is 13.8 Å². The summed E-state index contributed by atoms with van der Waals surface area (Å²) in [6, 6.07) is 10.3. The summed E-state index contributed by atoms with van der Waals surface area (Å²) in [5.74, 6) is 0.207. The summed E-state index contributed by atoms with van der Waals surface area (Å²) in [5, 5.41) is 4.29. The molecule has 3 nitrogen and oxygen atoms in total. The molecule has 3 heteroatoms. The van der Waals surface area contributed by atoms with Crippen LogP contribution in [0.15, 0.2) is 30.3 Å². The standard InChI is InChI=1S/C16H20N2O/c1-12-16(13(2)18(3)17-12)15(19)11-7-10-14-8-5-4-6-9-14/h4-6,8-9H,7,10-11H2,1-3H3. The van der Waals surface area contributed by atoms with Crippen LogP contribution >= 0.6 is 0 Å². The van der Waals surface area contributed by atoms with Gasteiger partial charge in [-0.1, -0.05) is 30.3 Å². The zero-order valence-corrected chi connectivity index (χ0v) is 11.8. The summed E-state index contributed by atoms with van der Waals surface area (Å²) >= 11 is 0. The fourth-order valence-corrected chi connectivity index (χ4v) is 2.40. The van der Waals surface area contributed by atoms with Gasteiger partial charge in [0.15, 0.2) is 5.78 Å². The largest absolute Gasteiger partial charge is 0.294 e. The predicted molar refractivity (Wildman–Crippen MR) is 76.4 cm³/mol. The van der Waals surface area contributed by atoms with E-state index in [9.17, 15) is 4.79 Å². The van der Waals surface area contributed by atoms with Gasteiger partial charge in [0.1, 0.15) is 0 Å². The van der Waals surface area contributed by atoms with Gasteiger partial charge in [-0.25, -0.2) is 0 Å². The molecule has 0 N–H and O–H groups in total. The van der Waals surface area contributed by atoms with Gasteiger partial charge in [-0.2, -0.15) is 5.10 Å². The van der Waals surface area contributed by atoms with E-state index in [-0.39, 0.29) is 5.78 Å². The summed E-state index contributed by atoms with van der Waals surface area (Å²) in [4.78, 5) is 12.2. The van der Waals surface area contributed by atoms with Crippen LogP contribution in [-0.2, 0) is 13.5 Å². The Morgan fingerprint density at radius 1 is 1.21 bits per heavy atom. The summed E-state index contributed by atoms with van der Waals surface area (Å²) in [6.45, 7) is 3.85. The minimum absolute atomic E-state index is 0.207. The predicted octanol–water partition coefficient (Wildman–Crippen LogP) is 3.24. The maximum atomic E-state index is 12.2. The molecule has 1 heterocycles. The molecule has 1 aromatic heterocycles. The Morgan fingerprint density at radius 3 is 2.47 bits per heavy atom. The molecule has 0 fully saturated rings. The highest BCUT2D eigenvalue weighted by atomic mass is 16.1. The Labute approximate surface area is 114 Å². The molecule has 1 aromatic carbocycles. The Morgan fingerprint density at radius 2 is 1.89 bits per heavy atom. The Bertz CT molecular complexity index is 570. The van der Waals surface area contributed by atoms with Crippen LogP contribution in [0.5, 0.6) is 0 Å². The third-order valence-corrected chi connectivity index (χ3v) is 3.50. The van der Waals surface area contributed by atoms with Crippen molar-refractivity contribution in [1.82, 2.24) is 9.78 Å². The second-order valence-electron chi connectivity index (χ2n) is 4.93. The van der Waals surface area contributed by atoms with Crippen LogP contribution in [0.4, 0.5) is 0 Å². The highest BCUT2D eigenvalue weighted by Crippen LogP contribution is 2.16. The second-order valence-corrected chi connectivity index (χ2v) is 4.93. The molecule has 0 amide bonds. The molecule has 2 rings (SSSR count). The van der Waals surface area contributed by atoms with Gasteiger partial charge in [0.05, 0.1) is 11.3 Å². The van der Waals surface area contributed by atoms with Crippen LogP contribution in [0.25, 0.3) is 0 Å². The van der Waals surface area contributed by atoms with E-state index in [1.54, 1.807) is 4.68 Å². The van der Waals surface area contributed by atoms with Crippen LogP contribution in [0.1, 0.15) is 40.2 Å². The SMILES string of the molecule is Cc1nn(C)c(C)c1C(=O)CCCc1ccccc1. The molecule has 0 saturated carbocycles. The quantitative estimate of drug-likeness (QED) is 0.770. The van der Waals surface area contributed by atoms with Gasteiger partial charge in [-0.15, -0.1) is 0 Å². The number of Topliss-reactive ketones (excluding diaryl/α,β-unsaturated/α-hetero) is 1. The van der Waals surface area contributed by atoms with Crippen LogP contribution in [-0.4, -0.2) is 15.6 Å². The lowest BCUT2D eigenvalue weighted by atomic mass is 10.0. The molecule has 0 aliphatic rings. The third-order valence-electron chi connectivity index (χ3n) is 3.50. The number of benzene rings is 1. The first-order chi connectivity index (χ1) is 9.09. The number of aryl methyl sites for hydroxylation is 3. The molecular formula is C16H20N2O. The average Bonchev–Trinajstić information content (AvgIpc) is 2.64. The summed E-state index contributed by atoms with van der Waals surface area (Å²) in [5.41, 5.74) is 3.89. The zero-order valence-electron chi connectivity index (χ0n) is 11.8. The van der Waals surface area contributed by atoms with Crippen molar-refractivity contribution in [2.24, 2.45) is 7.05 Å². The summed E-state index contributed by atoms with van der Waals surface area (Å²) < 4.78 is 1.78. The zero-order chi connectivity index (χ0) is 13.8. The van der Waals surface area contributed by atoms with E-state index in [0.717, 1.165) is 29.8 Å². The van der Waals surface area contributed by atoms with Crippen molar-refractivity contribution >= 4 is 5.78 Å². The average molecular weight is 256 g/mol. The number of rotatable bonds is 5. The molecular weight excluding hydrogens is 236 g/mol. The first-order valence-electron chi connectivity index (χ1n) is 6.67.